The Morgan fingerprint density at radius 2 is 2.13 bits per heavy atom. The van der Waals surface area contributed by atoms with Crippen LogP contribution in [0.1, 0.15) is 36.1 Å². The standard InChI is InChI=1S/C12H16ClNO/c1-4-8-12(14)10-7(3)11(13)6(2)5-9(10)15-8/h5,8,12H,4,14H2,1-3H3. The maximum absolute atomic E-state index is 6.21. The van der Waals surface area contributed by atoms with Gasteiger partial charge in [-0.1, -0.05) is 18.5 Å². The lowest BCUT2D eigenvalue weighted by Gasteiger charge is -2.13. The molecule has 2 nitrogen and oxygen atoms in total. The van der Waals surface area contributed by atoms with E-state index in [1.54, 1.807) is 0 Å². The lowest BCUT2D eigenvalue weighted by atomic mass is 9.97. The number of rotatable bonds is 1. The second kappa shape index (κ2) is 3.69. The Kier molecular flexibility index (Phi) is 2.65. The quantitative estimate of drug-likeness (QED) is 0.797. The van der Waals surface area contributed by atoms with Gasteiger partial charge in [-0.2, -0.15) is 0 Å². The maximum atomic E-state index is 6.21. The van der Waals surface area contributed by atoms with Gasteiger partial charge in [0.1, 0.15) is 11.9 Å². The Hall–Kier alpha value is -0.730. The number of fused-ring (bicyclic) bond motifs is 1. The van der Waals surface area contributed by atoms with E-state index >= 15 is 0 Å². The number of aryl methyl sites for hydroxylation is 1. The van der Waals surface area contributed by atoms with Crippen LogP contribution in [0.2, 0.25) is 5.02 Å². The SMILES string of the molecule is CCC1Oc2cc(C)c(Cl)c(C)c2C1N. The van der Waals surface area contributed by atoms with Gasteiger partial charge in [-0.25, -0.2) is 0 Å². The molecule has 0 aromatic heterocycles. The third kappa shape index (κ3) is 1.52. The van der Waals surface area contributed by atoms with Crippen LogP contribution < -0.4 is 10.5 Å². The normalized spacial score (nSPS) is 23.8. The van der Waals surface area contributed by atoms with Crippen molar-refractivity contribution in [1.29, 1.82) is 0 Å². The monoisotopic (exact) mass is 225 g/mol. The van der Waals surface area contributed by atoms with Crippen LogP contribution in [-0.4, -0.2) is 6.10 Å². The summed E-state index contributed by atoms with van der Waals surface area (Å²) in [5.41, 5.74) is 9.34. The molecule has 0 aliphatic carbocycles. The van der Waals surface area contributed by atoms with Crippen molar-refractivity contribution in [3.05, 3.63) is 27.8 Å². The van der Waals surface area contributed by atoms with Crippen molar-refractivity contribution in [2.24, 2.45) is 5.73 Å². The second-order valence-corrected chi connectivity index (χ2v) is 4.51. The molecule has 1 aromatic rings. The summed E-state index contributed by atoms with van der Waals surface area (Å²) in [6.07, 6.45) is 1.02. The minimum Gasteiger partial charge on any atom is -0.488 e. The molecular formula is C12H16ClNO. The largest absolute Gasteiger partial charge is 0.488 e. The van der Waals surface area contributed by atoms with Gasteiger partial charge in [0.15, 0.2) is 0 Å². The summed E-state index contributed by atoms with van der Waals surface area (Å²) in [4.78, 5) is 0. The number of hydrogen-bond donors (Lipinski definition) is 1. The molecule has 0 saturated heterocycles. The summed E-state index contributed by atoms with van der Waals surface area (Å²) in [5.74, 6) is 0.911. The van der Waals surface area contributed by atoms with Gasteiger partial charge in [-0.05, 0) is 37.5 Å². The van der Waals surface area contributed by atoms with E-state index in [1.807, 2.05) is 19.9 Å². The van der Waals surface area contributed by atoms with Gasteiger partial charge >= 0.3 is 0 Å². The van der Waals surface area contributed by atoms with Gasteiger partial charge < -0.3 is 10.5 Å². The highest BCUT2D eigenvalue weighted by Gasteiger charge is 2.32. The smallest absolute Gasteiger partial charge is 0.125 e. The van der Waals surface area contributed by atoms with Crippen molar-refractivity contribution in [2.45, 2.75) is 39.3 Å². The molecule has 0 radical (unpaired) electrons. The van der Waals surface area contributed by atoms with Crippen molar-refractivity contribution >= 4 is 11.6 Å². The van der Waals surface area contributed by atoms with Crippen molar-refractivity contribution < 1.29 is 4.74 Å². The van der Waals surface area contributed by atoms with Crippen LogP contribution >= 0.6 is 11.6 Å². The molecule has 2 rings (SSSR count). The molecule has 1 aromatic carbocycles. The van der Waals surface area contributed by atoms with Crippen molar-refractivity contribution in [3.63, 3.8) is 0 Å². The fraction of sp³-hybridized carbons (Fsp3) is 0.500. The van der Waals surface area contributed by atoms with Crippen molar-refractivity contribution in [1.82, 2.24) is 0 Å². The van der Waals surface area contributed by atoms with E-state index in [0.29, 0.717) is 0 Å². The fourth-order valence-corrected chi connectivity index (χ4v) is 2.36. The summed E-state index contributed by atoms with van der Waals surface area (Å²) in [5, 5.41) is 0.810. The molecule has 15 heavy (non-hydrogen) atoms. The van der Waals surface area contributed by atoms with Crippen LogP contribution in [0.15, 0.2) is 6.07 Å². The first kappa shape index (κ1) is 10.8. The second-order valence-electron chi connectivity index (χ2n) is 4.13. The molecule has 0 amide bonds. The van der Waals surface area contributed by atoms with E-state index in [4.69, 9.17) is 22.1 Å². The topological polar surface area (TPSA) is 35.2 Å². The Labute approximate surface area is 95.4 Å². The highest BCUT2D eigenvalue weighted by molar-refractivity contribution is 6.32. The summed E-state index contributed by atoms with van der Waals surface area (Å²) in [6, 6.07) is 1.95. The van der Waals surface area contributed by atoms with Crippen LogP contribution in [0.25, 0.3) is 0 Å². The molecule has 0 spiro atoms. The number of halogens is 1. The molecule has 1 aliphatic rings. The Bertz CT molecular complexity index is 403. The molecule has 2 N–H and O–H groups in total. The van der Waals surface area contributed by atoms with Gasteiger partial charge in [0.2, 0.25) is 0 Å². The lowest BCUT2D eigenvalue weighted by molar-refractivity contribution is 0.202. The molecule has 0 fully saturated rings. The van der Waals surface area contributed by atoms with Gasteiger partial charge in [0.25, 0.3) is 0 Å². The zero-order valence-corrected chi connectivity index (χ0v) is 10.1. The minimum atomic E-state index is -0.0388. The summed E-state index contributed by atoms with van der Waals surface area (Å²) in [7, 11) is 0. The van der Waals surface area contributed by atoms with Crippen molar-refractivity contribution in [3.8, 4) is 5.75 Å². The van der Waals surface area contributed by atoms with Gasteiger partial charge in [0.05, 0.1) is 6.04 Å². The van der Waals surface area contributed by atoms with E-state index in [-0.39, 0.29) is 12.1 Å². The highest BCUT2D eigenvalue weighted by Crippen LogP contribution is 2.42. The number of hydrogen-bond acceptors (Lipinski definition) is 2. The first-order valence-corrected chi connectivity index (χ1v) is 5.65. The van der Waals surface area contributed by atoms with E-state index in [2.05, 4.69) is 6.92 Å². The fourth-order valence-electron chi connectivity index (χ4n) is 2.21. The number of ether oxygens (including phenoxy) is 1. The number of benzene rings is 1. The lowest BCUT2D eigenvalue weighted by Crippen LogP contribution is -2.24. The van der Waals surface area contributed by atoms with Crippen LogP contribution in [0.4, 0.5) is 0 Å². The van der Waals surface area contributed by atoms with Gasteiger partial charge in [-0.15, -0.1) is 0 Å². The van der Waals surface area contributed by atoms with E-state index < -0.39 is 0 Å². The van der Waals surface area contributed by atoms with Gasteiger partial charge in [-0.3, -0.25) is 0 Å². The zero-order valence-electron chi connectivity index (χ0n) is 9.30. The Balaban J connectivity index is 2.56. The third-order valence-corrected chi connectivity index (χ3v) is 3.69. The van der Waals surface area contributed by atoms with Gasteiger partial charge in [0, 0.05) is 10.6 Å². The average molecular weight is 226 g/mol. The molecule has 82 valence electrons. The van der Waals surface area contributed by atoms with E-state index in [1.165, 1.54) is 0 Å². The Morgan fingerprint density at radius 1 is 1.47 bits per heavy atom. The molecule has 0 saturated carbocycles. The molecular weight excluding hydrogens is 210 g/mol. The summed E-state index contributed by atoms with van der Waals surface area (Å²) < 4.78 is 5.80. The number of nitrogens with two attached hydrogens (primary N) is 1. The summed E-state index contributed by atoms with van der Waals surface area (Å²) in [6.45, 7) is 6.08. The molecule has 1 aliphatic heterocycles. The molecule has 2 atom stereocenters. The molecule has 2 unspecified atom stereocenters. The van der Waals surface area contributed by atoms with Crippen LogP contribution in [-0.2, 0) is 0 Å². The van der Waals surface area contributed by atoms with Crippen LogP contribution in [0, 0.1) is 13.8 Å². The van der Waals surface area contributed by atoms with Crippen LogP contribution in [0.3, 0.4) is 0 Å². The molecule has 0 bridgehead atoms. The van der Waals surface area contributed by atoms with E-state index in [0.717, 1.165) is 33.9 Å². The van der Waals surface area contributed by atoms with E-state index in [9.17, 15) is 0 Å². The van der Waals surface area contributed by atoms with Crippen molar-refractivity contribution in [2.75, 3.05) is 0 Å². The molecule has 3 heteroatoms. The predicted octanol–water partition coefficient (Wildman–Crippen LogP) is 3.13. The summed E-state index contributed by atoms with van der Waals surface area (Å²) >= 11 is 6.21. The van der Waals surface area contributed by atoms with Crippen LogP contribution in [0.5, 0.6) is 5.75 Å². The highest BCUT2D eigenvalue weighted by atomic mass is 35.5. The zero-order chi connectivity index (χ0) is 11.2. The first-order valence-electron chi connectivity index (χ1n) is 5.28. The molecule has 1 heterocycles. The average Bonchev–Trinajstić information content (AvgIpc) is 2.52. The first-order chi connectivity index (χ1) is 7.06. The third-order valence-electron chi connectivity index (χ3n) is 3.11. The minimum absolute atomic E-state index is 0.0388. The Morgan fingerprint density at radius 3 is 2.73 bits per heavy atom. The maximum Gasteiger partial charge on any atom is 0.125 e. The predicted molar refractivity (Wildman–Crippen MR) is 62.6 cm³/mol.